The number of carbonyl (C=O) groups is 1. The van der Waals surface area contributed by atoms with Crippen LogP contribution in [0.5, 0.6) is 0 Å². The van der Waals surface area contributed by atoms with Crippen molar-refractivity contribution in [3.05, 3.63) is 16.7 Å². The predicted octanol–water partition coefficient (Wildman–Crippen LogP) is 0.0143. The third-order valence-electron chi connectivity index (χ3n) is 3.72. The standard InChI is InChI=1S/C14H22N6O4.ClH/c1-3-8(2)9(15)13(22)24-5-4-23-7-20-6-17-10-11(20)18-14(16)19-12(10)21;/h6,8-9H,3-5,7,15H2,1-2H3,(H3,16,18,19,21);1H/t8?,9-;/m0./s1. The quantitative estimate of drug-likeness (QED) is 0.431. The van der Waals surface area contributed by atoms with Crippen LogP contribution in [0.3, 0.4) is 0 Å². The van der Waals surface area contributed by atoms with Crippen molar-refractivity contribution in [3.63, 3.8) is 0 Å². The van der Waals surface area contributed by atoms with E-state index in [9.17, 15) is 9.59 Å². The molecule has 0 bridgehead atoms. The fraction of sp³-hybridized carbons (Fsp3) is 0.571. The van der Waals surface area contributed by atoms with Crippen molar-refractivity contribution in [1.29, 1.82) is 0 Å². The molecule has 2 heterocycles. The first kappa shape index (κ1) is 20.9. The van der Waals surface area contributed by atoms with Gasteiger partial charge in [0.05, 0.1) is 12.9 Å². The van der Waals surface area contributed by atoms with Crippen LogP contribution in [-0.4, -0.2) is 44.7 Å². The number of aromatic nitrogens is 4. The summed E-state index contributed by atoms with van der Waals surface area (Å²) in [5.74, 6) is -0.380. The Morgan fingerprint density at radius 3 is 2.84 bits per heavy atom. The number of esters is 1. The minimum atomic E-state index is -0.633. The summed E-state index contributed by atoms with van der Waals surface area (Å²) in [7, 11) is 0. The lowest BCUT2D eigenvalue weighted by Gasteiger charge is -2.16. The van der Waals surface area contributed by atoms with Crippen molar-refractivity contribution in [3.8, 4) is 0 Å². The van der Waals surface area contributed by atoms with E-state index in [4.69, 9.17) is 20.9 Å². The summed E-state index contributed by atoms with van der Waals surface area (Å²) in [6.07, 6.45) is 2.23. The molecule has 5 N–H and O–H groups in total. The zero-order chi connectivity index (χ0) is 17.7. The molecule has 0 saturated carbocycles. The van der Waals surface area contributed by atoms with Gasteiger partial charge < -0.3 is 20.9 Å². The summed E-state index contributed by atoms with van der Waals surface area (Å²) in [6, 6.07) is -0.633. The zero-order valence-corrected chi connectivity index (χ0v) is 14.9. The third-order valence-corrected chi connectivity index (χ3v) is 3.72. The molecule has 11 heteroatoms. The highest BCUT2D eigenvalue weighted by Crippen LogP contribution is 2.07. The summed E-state index contributed by atoms with van der Waals surface area (Å²) in [5.41, 5.74) is 11.4. The number of aromatic amines is 1. The summed E-state index contributed by atoms with van der Waals surface area (Å²) in [4.78, 5) is 33.7. The first-order valence-electron chi connectivity index (χ1n) is 7.64. The number of halogens is 1. The fourth-order valence-corrected chi connectivity index (χ4v) is 2.01. The van der Waals surface area contributed by atoms with Crippen LogP contribution in [-0.2, 0) is 21.0 Å². The van der Waals surface area contributed by atoms with Crippen LogP contribution in [0.1, 0.15) is 20.3 Å². The van der Waals surface area contributed by atoms with E-state index in [1.807, 2.05) is 13.8 Å². The predicted molar refractivity (Wildman–Crippen MR) is 94.2 cm³/mol. The lowest BCUT2D eigenvalue weighted by Crippen LogP contribution is -2.38. The van der Waals surface area contributed by atoms with E-state index >= 15 is 0 Å². The van der Waals surface area contributed by atoms with E-state index in [2.05, 4.69) is 15.0 Å². The Labute approximate surface area is 150 Å². The maximum Gasteiger partial charge on any atom is 0.323 e. The number of H-pyrrole nitrogens is 1. The molecular weight excluding hydrogens is 352 g/mol. The molecule has 0 saturated heterocycles. The topological polar surface area (TPSA) is 151 Å². The SMILES string of the molecule is CCC(C)[C@H](N)C(=O)OCCOCn1cnc2c(=O)[nH]c(N)nc21.Cl. The van der Waals surface area contributed by atoms with Gasteiger partial charge in [-0.1, -0.05) is 20.3 Å². The molecule has 10 nitrogen and oxygen atoms in total. The van der Waals surface area contributed by atoms with E-state index < -0.39 is 17.6 Å². The summed E-state index contributed by atoms with van der Waals surface area (Å²) >= 11 is 0. The Bertz CT molecular complexity index is 761. The highest BCUT2D eigenvalue weighted by atomic mass is 35.5. The first-order chi connectivity index (χ1) is 11.4. The van der Waals surface area contributed by atoms with Gasteiger partial charge in [-0.15, -0.1) is 12.4 Å². The van der Waals surface area contributed by atoms with E-state index in [1.54, 1.807) is 0 Å². The molecule has 0 aliphatic heterocycles. The average Bonchev–Trinajstić information content (AvgIpc) is 2.96. The number of nitrogen functional groups attached to an aromatic ring is 1. The molecule has 0 spiro atoms. The van der Waals surface area contributed by atoms with Gasteiger partial charge in [0, 0.05) is 0 Å². The molecule has 0 amide bonds. The molecule has 2 aromatic rings. The number of rotatable bonds is 8. The second kappa shape index (κ2) is 9.35. The van der Waals surface area contributed by atoms with Crippen molar-refractivity contribution >= 4 is 35.5 Å². The van der Waals surface area contributed by atoms with Gasteiger partial charge in [0.2, 0.25) is 5.95 Å². The Hall–Kier alpha value is -2.17. The Morgan fingerprint density at radius 1 is 1.44 bits per heavy atom. The van der Waals surface area contributed by atoms with Gasteiger partial charge >= 0.3 is 5.97 Å². The molecule has 0 aromatic carbocycles. The Morgan fingerprint density at radius 2 is 2.16 bits per heavy atom. The number of hydrogen-bond donors (Lipinski definition) is 3. The molecule has 2 aromatic heterocycles. The molecule has 0 aliphatic carbocycles. The average molecular weight is 375 g/mol. The fourth-order valence-electron chi connectivity index (χ4n) is 2.01. The first-order valence-corrected chi connectivity index (χ1v) is 7.64. The minimum Gasteiger partial charge on any atom is -0.462 e. The second-order valence-electron chi connectivity index (χ2n) is 5.45. The summed E-state index contributed by atoms with van der Waals surface area (Å²) in [6.45, 7) is 4.22. The van der Waals surface area contributed by atoms with Gasteiger partial charge in [-0.05, 0) is 5.92 Å². The molecule has 140 valence electrons. The number of carbonyl (C=O) groups excluding carboxylic acids is 1. The highest BCUT2D eigenvalue weighted by Gasteiger charge is 2.20. The van der Waals surface area contributed by atoms with Crippen LogP contribution in [0.25, 0.3) is 11.2 Å². The van der Waals surface area contributed by atoms with Crippen LogP contribution in [0.2, 0.25) is 0 Å². The lowest BCUT2D eigenvalue weighted by molar-refractivity contribution is -0.148. The van der Waals surface area contributed by atoms with Crippen LogP contribution >= 0.6 is 12.4 Å². The lowest BCUT2D eigenvalue weighted by atomic mass is 10.0. The molecule has 0 fully saturated rings. The zero-order valence-electron chi connectivity index (χ0n) is 14.1. The summed E-state index contributed by atoms with van der Waals surface area (Å²) < 4.78 is 12.0. The molecule has 0 aliphatic rings. The van der Waals surface area contributed by atoms with Gasteiger partial charge in [-0.2, -0.15) is 4.98 Å². The largest absolute Gasteiger partial charge is 0.462 e. The van der Waals surface area contributed by atoms with E-state index in [-0.39, 0.29) is 49.7 Å². The molecule has 25 heavy (non-hydrogen) atoms. The molecule has 2 rings (SSSR count). The number of fused-ring (bicyclic) bond motifs is 1. The molecule has 0 radical (unpaired) electrons. The third kappa shape index (κ3) is 5.15. The van der Waals surface area contributed by atoms with Crippen molar-refractivity contribution in [2.45, 2.75) is 33.0 Å². The van der Waals surface area contributed by atoms with Gasteiger partial charge in [0.25, 0.3) is 5.56 Å². The van der Waals surface area contributed by atoms with Crippen molar-refractivity contribution < 1.29 is 14.3 Å². The molecule has 2 atom stereocenters. The minimum absolute atomic E-state index is 0. The van der Waals surface area contributed by atoms with Crippen molar-refractivity contribution in [2.24, 2.45) is 11.7 Å². The van der Waals surface area contributed by atoms with Gasteiger partial charge in [-0.3, -0.25) is 19.1 Å². The van der Waals surface area contributed by atoms with Crippen LogP contribution < -0.4 is 17.0 Å². The van der Waals surface area contributed by atoms with Gasteiger partial charge in [0.1, 0.15) is 19.4 Å². The van der Waals surface area contributed by atoms with Gasteiger partial charge in [-0.25, -0.2) is 4.98 Å². The van der Waals surface area contributed by atoms with E-state index in [0.29, 0.717) is 5.65 Å². The van der Waals surface area contributed by atoms with Crippen molar-refractivity contribution in [1.82, 2.24) is 19.5 Å². The van der Waals surface area contributed by atoms with Gasteiger partial charge in [0.15, 0.2) is 11.2 Å². The van der Waals surface area contributed by atoms with E-state index in [1.165, 1.54) is 10.9 Å². The number of imidazole rings is 1. The smallest absolute Gasteiger partial charge is 0.323 e. The van der Waals surface area contributed by atoms with E-state index in [0.717, 1.165) is 6.42 Å². The number of hydrogen-bond acceptors (Lipinski definition) is 8. The number of nitrogens with one attached hydrogen (secondary N) is 1. The second-order valence-corrected chi connectivity index (χ2v) is 5.45. The number of ether oxygens (including phenoxy) is 2. The maximum absolute atomic E-state index is 11.7. The Kier molecular flexibility index (Phi) is 7.81. The molecule has 1 unspecified atom stereocenters. The Balaban J connectivity index is 0.00000312. The summed E-state index contributed by atoms with van der Waals surface area (Å²) in [5, 5.41) is 0. The monoisotopic (exact) mass is 374 g/mol. The van der Waals surface area contributed by atoms with Crippen LogP contribution in [0.4, 0.5) is 5.95 Å². The number of nitrogens with zero attached hydrogens (tertiary/aromatic N) is 3. The van der Waals surface area contributed by atoms with Crippen LogP contribution in [0.15, 0.2) is 11.1 Å². The molecular formula is C14H23ClN6O4. The number of nitrogens with two attached hydrogens (primary N) is 2. The highest BCUT2D eigenvalue weighted by molar-refractivity contribution is 5.85. The normalized spacial score (nSPS) is 13.2. The van der Waals surface area contributed by atoms with Crippen molar-refractivity contribution in [2.75, 3.05) is 18.9 Å². The number of anilines is 1. The maximum atomic E-state index is 11.7. The van der Waals surface area contributed by atoms with Crippen LogP contribution in [0, 0.1) is 5.92 Å².